The first-order chi connectivity index (χ1) is 27.6. The van der Waals surface area contributed by atoms with Gasteiger partial charge in [0.1, 0.15) is 6.61 Å². The van der Waals surface area contributed by atoms with Crippen LogP contribution in [0, 0.1) is 0 Å². The molecular weight excluding hydrogens is 693 g/mol. The van der Waals surface area contributed by atoms with Crippen LogP contribution in [0.5, 0.6) is 0 Å². The van der Waals surface area contributed by atoms with Crippen molar-refractivity contribution in [2.75, 3.05) is 13.2 Å². The van der Waals surface area contributed by atoms with Gasteiger partial charge in [0.2, 0.25) is 0 Å². The third kappa shape index (κ3) is 43.0. The predicted octanol–water partition coefficient (Wildman–Crippen LogP) is 14.4. The van der Waals surface area contributed by atoms with Crippen molar-refractivity contribution in [2.24, 2.45) is 0 Å². The first-order valence-corrected chi connectivity index (χ1v) is 22.1. The molecule has 0 rings (SSSR count). The van der Waals surface area contributed by atoms with Crippen molar-refractivity contribution < 1.29 is 24.2 Å². The second-order valence-corrected chi connectivity index (χ2v) is 14.0. The fourth-order valence-electron chi connectivity index (χ4n) is 5.49. The van der Waals surface area contributed by atoms with Gasteiger partial charge >= 0.3 is 11.9 Å². The average molecular weight is 773 g/mol. The fourth-order valence-corrected chi connectivity index (χ4v) is 5.49. The Bertz CT molecular complexity index is 1190. The molecule has 0 aromatic carbocycles. The summed E-state index contributed by atoms with van der Waals surface area (Å²) in [7, 11) is 0. The number of rotatable bonds is 38. The number of hydrogen-bond acceptors (Lipinski definition) is 5. The molecule has 5 heteroatoms. The minimum atomic E-state index is -0.801. The van der Waals surface area contributed by atoms with Crippen LogP contribution in [0.4, 0.5) is 0 Å². The normalized spacial score (nSPS) is 13.4. The quantitative estimate of drug-likeness (QED) is 0.0384. The third-order valence-electron chi connectivity index (χ3n) is 8.75. The van der Waals surface area contributed by atoms with Gasteiger partial charge in [0, 0.05) is 12.8 Å². The molecule has 0 heterocycles. The summed E-state index contributed by atoms with van der Waals surface area (Å²) in [6.45, 7) is 3.85. The SMILES string of the molecule is CC/C=C\C/C=C\C/C=C\C/C=C\C/C=C\CCCCCCCCCC(=O)OC(CO)COC(=O)CCCCC/C=C\C/C=C\C/C=C\C/C=C\C/C=C\CC. The van der Waals surface area contributed by atoms with Crippen LogP contribution in [0.15, 0.2) is 122 Å². The topological polar surface area (TPSA) is 72.8 Å². The van der Waals surface area contributed by atoms with Gasteiger partial charge in [-0.05, 0) is 103 Å². The summed E-state index contributed by atoms with van der Waals surface area (Å²) in [5.74, 6) is -0.653. The first-order valence-electron chi connectivity index (χ1n) is 22.1. The van der Waals surface area contributed by atoms with Crippen molar-refractivity contribution in [1.29, 1.82) is 0 Å². The molecule has 0 spiro atoms. The van der Waals surface area contributed by atoms with E-state index in [0.29, 0.717) is 12.8 Å². The minimum Gasteiger partial charge on any atom is -0.462 e. The van der Waals surface area contributed by atoms with Crippen LogP contribution in [-0.2, 0) is 19.1 Å². The number of aliphatic hydroxyl groups excluding tert-OH is 1. The van der Waals surface area contributed by atoms with Gasteiger partial charge in [-0.2, -0.15) is 0 Å². The minimum absolute atomic E-state index is 0.0965. The van der Waals surface area contributed by atoms with Crippen LogP contribution in [0.25, 0.3) is 0 Å². The van der Waals surface area contributed by atoms with Crippen molar-refractivity contribution in [1.82, 2.24) is 0 Å². The first kappa shape index (κ1) is 52.3. The van der Waals surface area contributed by atoms with Gasteiger partial charge in [0.05, 0.1) is 6.61 Å². The molecule has 0 aliphatic rings. The highest BCUT2D eigenvalue weighted by atomic mass is 16.6. The monoisotopic (exact) mass is 773 g/mol. The molecule has 5 nitrogen and oxygen atoms in total. The number of carbonyl (C=O) groups excluding carboxylic acids is 2. The standard InChI is InChI=1S/C51H80O5/c1-3-5-7-9-11-13-15-17-19-21-23-24-25-26-28-30-32-34-36-38-40-42-44-46-51(54)56-49(47-52)48-55-50(53)45-43-41-39-37-35-33-31-29-27-22-20-18-16-14-12-10-8-6-4-2/h5-8,11-14,17-20,23-24,26-29,33,35,49,52H,3-4,9-10,15-16,21-22,25,30-32,34,36-48H2,1-2H3/b7-5-,8-6-,13-11-,14-12-,19-17-,20-18-,24-23-,28-26-,29-27-,35-33-. The molecule has 0 aromatic rings. The van der Waals surface area contributed by atoms with Crippen molar-refractivity contribution in [3.8, 4) is 0 Å². The lowest BCUT2D eigenvalue weighted by atomic mass is 10.1. The Balaban J connectivity index is 3.68. The van der Waals surface area contributed by atoms with Crippen LogP contribution in [-0.4, -0.2) is 36.4 Å². The van der Waals surface area contributed by atoms with Gasteiger partial charge in [-0.3, -0.25) is 9.59 Å². The van der Waals surface area contributed by atoms with E-state index in [2.05, 4.69) is 135 Å². The molecule has 1 atom stereocenters. The van der Waals surface area contributed by atoms with E-state index in [0.717, 1.165) is 116 Å². The van der Waals surface area contributed by atoms with Crippen LogP contribution in [0.1, 0.15) is 168 Å². The average Bonchev–Trinajstić information content (AvgIpc) is 3.20. The summed E-state index contributed by atoms with van der Waals surface area (Å²) in [6.07, 6.45) is 66.9. The van der Waals surface area contributed by atoms with Crippen molar-refractivity contribution in [3.63, 3.8) is 0 Å². The van der Waals surface area contributed by atoms with Crippen LogP contribution < -0.4 is 0 Å². The number of allylic oxidation sites excluding steroid dienone is 20. The number of aliphatic hydroxyl groups is 1. The highest BCUT2D eigenvalue weighted by Crippen LogP contribution is 2.12. The van der Waals surface area contributed by atoms with E-state index in [-0.39, 0.29) is 25.2 Å². The summed E-state index contributed by atoms with van der Waals surface area (Å²) < 4.78 is 10.6. The number of unbranched alkanes of at least 4 members (excludes halogenated alkanes) is 10. The van der Waals surface area contributed by atoms with Crippen molar-refractivity contribution >= 4 is 11.9 Å². The summed E-state index contributed by atoms with van der Waals surface area (Å²) in [5, 5.41) is 9.59. The molecule has 56 heavy (non-hydrogen) atoms. The summed E-state index contributed by atoms with van der Waals surface area (Å²) in [4.78, 5) is 24.4. The van der Waals surface area contributed by atoms with Crippen LogP contribution in [0.3, 0.4) is 0 Å². The Labute approximate surface area is 343 Å². The Morgan fingerprint density at radius 3 is 1.09 bits per heavy atom. The van der Waals surface area contributed by atoms with E-state index < -0.39 is 6.10 Å². The maximum absolute atomic E-state index is 12.2. The lowest BCUT2D eigenvalue weighted by Gasteiger charge is -2.15. The van der Waals surface area contributed by atoms with Crippen molar-refractivity contribution in [3.05, 3.63) is 122 Å². The highest BCUT2D eigenvalue weighted by Gasteiger charge is 2.16. The van der Waals surface area contributed by atoms with Gasteiger partial charge in [-0.1, -0.05) is 174 Å². The molecule has 0 aliphatic heterocycles. The number of carbonyl (C=O) groups is 2. The lowest BCUT2D eigenvalue weighted by Crippen LogP contribution is -2.28. The largest absolute Gasteiger partial charge is 0.462 e. The zero-order valence-electron chi connectivity index (χ0n) is 35.6. The molecule has 0 aromatic heterocycles. The van der Waals surface area contributed by atoms with E-state index in [4.69, 9.17) is 9.47 Å². The summed E-state index contributed by atoms with van der Waals surface area (Å²) >= 11 is 0. The van der Waals surface area contributed by atoms with Gasteiger partial charge in [0.15, 0.2) is 6.10 Å². The van der Waals surface area contributed by atoms with E-state index in [1.807, 2.05) is 0 Å². The van der Waals surface area contributed by atoms with Crippen molar-refractivity contribution in [2.45, 2.75) is 174 Å². The summed E-state index contributed by atoms with van der Waals surface area (Å²) in [5.41, 5.74) is 0. The lowest BCUT2D eigenvalue weighted by molar-refractivity contribution is -0.161. The molecule has 1 N–H and O–H groups in total. The van der Waals surface area contributed by atoms with Gasteiger partial charge in [-0.25, -0.2) is 0 Å². The zero-order valence-corrected chi connectivity index (χ0v) is 35.6. The second-order valence-electron chi connectivity index (χ2n) is 14.0. The molecule has 0 amide bonds. The number of hydrogen-bond donors (Lipinski definition) is 1. The van der Waals surface area contributed by atoms with Gasteiger partial charge in [0.25, 0.3) is 0 Å². The molecule has 0 fully saturated rings. The van der Waals surface area contributed by atoms with Gasteiger partial charge in [-0.15, -0.1) is 0 Å². The Morgan fingerprint density at radius 2 is 0.714 bits per heavy atom. The van der Waals surface area contributed by atoms with E-state index in [9.17, 15) is 14.7 Å². The van der Waals surface area contributed by atoms with E-state index >= 15 is 0 Å². The maximum Gasteiger partial charge on any atom is 0.306 e. The van der Waals surface area contributed by atoms with Gasteiger partial charge < -0.3 is 14.6 Å². The summed E-state index contributed by atoms with van der Waals surface area (Å²) in [6, 6.07) is 0. The Morgan fingerprint density at radius 1 is 0.411 bits per heavy atom. The number of ether oxygens (including phenoxy) is 2. The van der Waals surface area contributed by atoms with E-state index in [1.165, 1.54) is 25.7 Å². The highest BCUT2D eigenvalue weighted by molar-refractivity contribution is 5.70. The predicted molar refractivity (Wildman–Crippen MR) is 241 cm³/mol. The smallest absolute Gasteiger partial charge is 0.306 e. The molecule has 0 aliphatic carbocycles. The Kier molecular flexibility index (Phi) is 42.7. The third-order valence-corrected chi connectivity index (χ3v) is 8.75. The zero-order chi connectivity index (χ0) is 40.7. The maximum atomic E-state index is 12.2. The Hall–Kier alpha value is -3.70. The molecule has 0 saturated carbocycles. The fraction of sp³-hybridized carbons (Fsp3) is 0.569. The van der Waals surface area contributed by atoms with E-state index in [1.54, 1.807) is 0 Å². The molecule has 0 radical (unpaired) electrons. The van der Waals surface area contributed by atoms with Crippen LogP contribution >= 0.6 is 0 Å². The molecule has 0 saturated heterocycles. The number of esters is 2. The second kappa shape index (κ2) is 45.7. The van der Waals surface area contributed by atoms with Crippen LogP contribution in [0.2, 0.25) is 0 Å². The molecule has 0 bridgehead atoms. The molecule has 314 valence electrons. The molecule has 1 unspecified atom stereocenters. The molecular formula is C51H80O5.